The van der Waals surface area contributed by atoms with E-state index < -0.39 is 0 Å². The van der Waals surface area contributed by atoms with Crippen LogP contribution in [0.5, 0.6) is 0 Å². The molecule has 186 valence electrons. The molecule has 0 atom stereocenters. The number of pyridine rings is 1. The van der Waals surface area contributed by atoms with Crippen molar-refractivity contribution in [1.29, 1.82) is 0 Å². The molecule has 3 N–H and O–H groups in total. The Hall–Kier alpha value is -2.16. The summed E-state index contributed by atoms with van der Waals surface area (Å²) >= 11 is 1.81. The normalized spacial score (nSPS) is 17.6. The predicted octanol–water partition coefficient (Wildman–Crippen LogP) is 3.76. The first kappa shape index (κ1) is 24.9. The first-order valence-corrected chi connectivity index (χ1v) is 13.4. The second kappa shape index (κ2) is 11.1. The van der Waals surface area contributed by atoms with Crippen molar-refractivity contribution in [2.45, 2.75) is 71.9 Å². The number of piperidine rings is 1. The van der Waals surface area contributed by atoms with Crippen molar-refractivity contribution in [3.63, 3.8) is 0 Å². The lowest BCUT2D eigenvalue weighted by Gasteiger charge is -2.35. The summed E-state index contributed by atoms with van der Waals surface area (Å²) in [4.78, 5) is 32.6. The molecule has 2 aliphatic rings. The summed E-state index contributed by atoms with van der Waals surface area (Å²) in [5, 5.41) is 7.75. The highest BCUT2D eigenvalue weighted by molar-refractivity contribution is 7.16. The van der Waals surface area contributed by atoms with E-state index in [1.165, 1.54) is 9.88 Å². The van der Waals surface area contributed by atoms with Crippen LogP contribution in [0.25, 0.3) is 0 Å². The van der Waals surface area contributed by atoms with Gasteiger partial charge in [-0.1, -0.05) is 0 Å². The molecule has 2 saturated heterocycles. The number of ether oxygens (including phenoxy) is 1. The van der Waals surface area contributed by atoms with E-state index in [4.69, 9.17) is 4.74 Å². The number of nitrogens with one attached hydrogen (secondary N) is 3. The third-order valence-electron chi connectivity index (χ3n) is 7.24. The zero-order valence-corrected chi connectivity index (χ0v) is 21.7. The Kier molecular flexibility index (Phi) is 8.11. The molecule has 0 saturated carbocycles. The molecule has 4 heterocycles. The van der Waals surface area contributed by atoms with Crippen LogP contribution in [0.2, 0.25) is 0 Å². The van der Waals surface area contributed by atoms with Crippen LogP contribution in [0.1, 0.15) is 76.1 Å². The third-order valence-corrected chi connectivity index (χ3v) is 8.73. The van der Waals surface area contributed by atoms with Gasteiger partial charge in [0.1, 0.15) is 0 Å². The highest BCUT2D eigenvalue weighted by Crippen LogP contribution is 2.43. The molecule has 0 aromatic carbocycles. The van der Waals surface area contributed by atoms with Crippen LogP contribution >= 0.6 is 11.3 Å². The first-order chi connectivity index (χ1) is 16.4. The van der Waals surface area contributed by atoms with Crippen LogP contribution in [0.3, 0.4) is 0 Å². The van der Waals surface area contributed by atoms with Gasteiger partial charge in [-0.3, -0.25) is 9.59 Å². The summed E-state index contributed by atoms with van der Waals surface area (Å²) < 4.78 is 5.60. The molecule has 2 fully saturated rings. The van der Waals surface area contributed by atoms with Gasteiger partial charge in [-0.05, 0) is 89.6 Å². The van der Waals surface area contributed by atoms with Gasteiger partial charge >= 0.3 is 0 Å². The minimum absolute atomic E-state index is 0.0732. The van der Waals surface area contributed by atoms with Gasteiger partial charge in [-0.15, -0.1) is 11.3 Å². The molecule has 7 nitrogen and oxygen atoms in total. The smallest absolute Gasteiger partial charge is 0.253 e. The van der Waals surface area contributed by atoms with Gasteiger partial charge in [-0.25, -0.2) is 0 Å². The molecule has 34 heavy (non-hydrogen) atoms. The molecule has 2 aromatic heterocycles. The van der Waals surface area contributed by atoms with E-state index in [-0.39, 0.29) is 18.0 Å². The number of aryl methyl sites for hydroxylation is 2. The molecule has 0 bridgehead atoms. The SMILES string of the molecule is CCN(c1sc(C2CCNCC2)c(C(=O)NCc2c(C)cc(C)[nH]c2=O)c1C)C1CCOCC1. The van der Waals surface area contributed by atoms with Crippen molar-refractivity contribution >= 4 is 22.2 Å². The fourth-order valence-corrected chi connectivity index (χ4v) is 6.98. The summed E-state index contributed by atoms with van der Waals surface area (Å²) in [5.41, 5.74) is 4.11. The average Bonchev–Trinajstić information content (AvgIpc) is 3.17. The largest absolute Gasteiger partial charge is 0.381 e. The Bertz CT molecular complexity index is 1060. The maximum atomic E-state index is 13.6. The molecule has 0 unspecified atom stereocenters. The Labute approximate surface area is 206 Å². The van der Waals surface area contributed by atoms with Crippen LogP contribution < -0.4 is 21.1 Å². The van der Waals surface area contributed by atoms with Crippen molar-refractivity contribution in [1.82, 2.24) is 15.6 Å². The summed E-state index contributed by atoms with van der Waals surface area (Å²) in [6.07, 6.45) is 4.12. The highest BCUT2D eigenvalue weighted by atomic mass is 32.1. The van der Waals surface area contributed by atoms with E-state index in [1.54, 1.807) is 11.3 Å². The lowest BCUT2D eigenvalue weighted by Crippen LogP contribution is -2.39. The number of nitrogens with zero attached hydrogens (tertiary/aromatic N) is 1. The standard InChI is InChI=1S/C26H38N4O3S/c1-5-30(20-8-12-33-13-9-20)26-18(4)22(23(34-26)19-6-10-27-11-7-19)25(32)28-15-21-16(2)14-17(3)29-24(21)31/h14,19-20,27H,5-13,15H2,1-4H3,(H,28,32)(H,29,31). The van der Waals surface area contributed by atoms with Gasteiger partial charge in [0.15, 0.2) is 0 Å². The summed E-state index contributed by atoms with van der Waals surface area (Å²) in [7, 11) is 0. The van der Waals surface area contributed by atoms with Crippen LogP contribution in [0.4, 0.5) is 5.00 Å². The van der Waals surface area contributed by atoms with Gasteiger partial charge < -0.3 is 25.3 Å². The number of H-pyrrole nitrogens is 1. The number of aromatic amines is 1. The minimum atomic E-state index is -0.129. The number of anilines is 1. The number of rotatable bonds is 7. The molecular formula is C26H38N4O3S. The molecular weight excluding hydrogens is 448 g/mol. The second-order valence-electron chi connectivity index (χ2n) is 9.55. The van der Waals surface area contributed by atoms with E-state index in [0.717, 1.165) is 80.9 Å². The number of carbonyl (C=O) groups excluding carboxylic acids is 1. The van der Waals surface area contributed by atoms with Gasteiger partial charge in [0.25, 0.3) is 11.5 Å². The lowest BCUT2D eigenvalue weighted by molar-refractivity contribution is 0.0847. The molecule has 0 aliphatic carbocycles. The molecule has 8 heteroatoms. The van der Waals surface area contributed by atoms with E-state index in [1.807, 2.05) is 19.9 Å². The van der Waals surface area contributed by atoms with Crippen LogP contribution in [0, 0.1) is 20.8 Å². The fourth-order valence-electron chi connectivity index (χ4n) is 5.37. The summed E-state index contributed by atoms with van der Waals surface area (Å²) in [6.45, 7) is 12.8. The number of carbonyl (C=O) groups is 1. The van der Waals surface area contributed by atoms with Crippen molar-refractivity contribution < 1.29 is 9.53 Å². The van der Waals surface area contributed by atoms with Gasteiger partial charge in [0, 0.05) is 48.5 Å². The summed E-state index contributed by atoms with van der Waals surface area (Å²) in [6, 6.07) is 2.39. The molecule has 1 amide bonds. The molecule has 2 aliphatic heterocycles. The van der Waals surface area contributed by atoms with Crippen LogP contribution in [-0.2, 0) is 11.3 Å². The zero-order chi connectivity index (χ0) is 24.2. The molecule has 0 radical (unpaired) electrons. The molecule has 0 spiro atoms. The highest BCUT2D eigenvalue weighted by Gasteiger charge is 2.31. The van der Waals surface area contributed by atoms with Crippen molar-refractivity contribution in [3.8, 4) is 0 Å². The van der Waals surface area contributed by atoms with E-state index in [2.05, 4.69) is 34.4 Å². The Morgan fingerprint density at radius 3 is 2.53 bits per heavy atom. The molecule has 2 aromatic rings. The van der Waals surface area contributed by atoms with Crippen LogP contribution in [-0.4, -0.2) is 49.8 Å². The Morgan fingerprint density at radius 1 is 1.18 bits per heavy atom. The number of aromatic nitrogens is 1. The van der Waals surface area contributed by atoms with Crippen LogP contribution in [0.15, 0.2) is 10.9 Å². The third kappa shape index (κ3) is 5.24. The monoisotopic (exact) mass is 486 g/mol. The minimum Gasteiger partial charge on any atom is -0.381 e. The van der Waals surface area contributed by atoms with Gasteiger partial charge in [0.2, 0.25) is 0 Å². The van der Waals surface area contributed by atoms with Gasteiger partial charge in [0.05, 0.1) is 10.6 Å². The maximum Gasteiger partial charge on any atom is 0.253 e. The van der Waals surface area contributed by atoms with E-state index >= 15 is 0 Å². The number of amides is 1. The summed E-state index contributed by atoms with van der Waals surface area (Å²) in [5.74, 6) is 0.313. The predicted molar refractivity (Wildman–Crippen MR) is 138 cm³/mol. The van der Waals surface area contributed by atoms with E-state index in [9.17, 15) is 9.59 Å². The maximum absolute atomic E-state index is 13.6. The second-order valence-corrected chi connectivity index (χ2v) is 10.6. The van der Waals surface area contributed by atoms with Crippen molar-refractivity contribution in [2.24, 2.45) is 0 Å². The van der Waals surface area contributed by atoms with Crippen molar-refractivity contribution in [2.75, 3.05) is 37.7 Å². The zero-order valence-electron chi connectivity index (χ0n) is 20.9. The number of thiophene rings is 1. The van der Waals surface area contributed by atoms with E-state index in [0.29, 0.717) is 17.5 Å². The van der Waals surface area contributed by atoms with Gasteiger partial charge in [-0.2, -0.15) is 0 Å². The topological polar surface area (TPSA) is 86.5 Å². The van der Waals surface area contributed by atoms with Crippen molar-refractivity contribution in [3.05, 3.63) is 49.2 Å². The lowest BCUT2D eigenvalue weighted by atomic mass is 9.92. The number of hydrogen-bond donors (Lipinski definition) is 3. The first-order valence-electron chi connectivity index (χ1n) is 12.6. The Morgan fingerprint density at radius 2 is 1.88 bits per heavy atom. The quantitative estimate of drug-likeness (QED) is 0.555. The average molecular weight is 487 g/mol. The fraction of sp³-hybridized carbons (Fsp3) is 0.615. The molecule has 4 rings (SSSR count). The number of hydrogen-bond acceptors (Lipinski definition) is 6. The Balaban J connectivity index is 1.65.